The number of halogens is 2. The SMILES string of the molecule is Cn1c(=O)c(-c2ccc(Cl)cc2Cl)cc2c3cc(C(=O)CC(=O)C(=O)O)ccc3n(C)c21. The predicted molar refractivity (Wildman–Crippen MR) is 123 cm³/mol. The van der Waals surface area contributed by atoms with Crippen LogP contribution in [0.4, 0.5) is 0 Å². The lowest BCUT2D eigenvalue weighted by Crippen LogP contribution is -2.20. The van der Waals surface area contributed by atoms with Crippen LogP contribution in [0.5, 0.6) is 0 Å². The normalized spacial score (nSPS) is 11.2. The quantitative estimate of drug-likeness (QED) is 0.267. The van der Waals surface area contributed by atoms with Gasteiger partial charge in [0.15, 0.2) is 5.78 Å². The molecule has 4 rings (SSSR count). The Morgan fingerprint density at radius 1 is 0.906 bits per heavy atom. The Hall–Kier alpha value is -3.42. The molecule has 32 heavy (non-hydrogen) atoms. The molecule has 0 saturated carbocycles. The number of aryl methyl sites for hydroxylation is 2. The van der Waals surface area contributed by atoms with Gasteiger partial charge in [-0.25, -0.2) is 4.79 Å². The molecule has 0 radical (unpaired) electrons. The second-order valence-electron chi connectivity index (χ2n) is 7.40. The van der Waals surface area contributed by atoms with Gasteiger partial charge in [0.05, 0.1) is 17.0 Å². The van der Waals surface area contributed by atoms with Crippen molar-refractivity contribution in [3.8, 4) is 11.1 Å². The van der Waals surface area contributed by atoms with Crippen LogP contribution in [-0.2, 0) is 23.7 Å². The van der Waals surface area contributed by atoms with Crippen LogP contribution in [0, 0.1) is 0 Å². The van der Waals surface area contributed by atoms with Gasteiger partial charge < -0.3 is 9.67 Å². The van der Waals surface area contributed by atoms with Gasteiger partial charge in [0.25, 0.3) is 5.56 Å². The van der Waals surface area contributed by atoms with Gasteiger partial charge in [-0.15, -0.1) is 0 Å². The number of carbonyl (C=O) groups excluding carboxylic acids is 2. The second kappa shape index (κ2) is 7.93. The number of fused-ring (bicyclic) bond motifs is 3. The second-order valence-corrected chi connectivity index (χ2v) is 8.25. The number of aliphatic carboxylic acids is 1. The summed E-state index contributed by atoms with van der Waals surface area (Å²) in [4.78, 5) is 47.8. The third kappa shape index (κ3) is 3.49. The van der Waals surface area contributed by atoms with E-state index in [4.69, 9.17) is 28.3 Å². The molecule has 4 aromatic rings. The van der Waals surface area contributed by atoms with Crippen molar-refractivity contribution in [3.05, 3.63) is 68.4 Å². The molecular formula is C23H16Cl2N2O5. The van der Waals surface area contributed by atoms with E-state index in [2.05, 4.69) is 0 Å². The third-order valence-electron chi connectivity index (χ3n) is 5.45. The first kappa shape index (κ1) is 21.8. The summed E-state index contributed by atoms with van der Waals surface area (Å²) in [6, 6.07) is 11.4. The van der Waals surface area contributed by atoms with E-state index in [-0.39, 0.29) is 11.1 Å². The number of nitrogens with zero attached hydrogens (tertiary/aromatic N) is 2. The number of carboxylic acid groups (broad SMARTS) is 1. The summed E-state index contributed by atoms with van der Waals surface area (Å²) in [6.07, 6.45) is -0.726. The van der Waals surface area contributed by atoms with Crippen LogP contribution in [0.1, 0.15) is 16.8 Å². The molecule has 0 spiro atoms. The molecule has 7 nitrogen and oxygen atoms in total. The van der Waals surface area contributed by atoms with E-state index in [1.807, 2.05) is 4.57 Å². The highest BCUT2D eigenvalue weighted by atomic mass is 35.5. The zero-order chi connectivity index (χ0) is 23.3. The van der Waals surface area contributed by atoms with Crippen molar-refractivity contribution in [1.29, 1.82) is 0 Å². The van der Waals surface area contributed by atoms with Crippen LogP contribution in [0.15, 0.2) is 47.3 Å². The Labute approximate surface area is 191 Å². The summed E-state index contributed by atoms with van der Waals surface area (Å²) in [5, 5.41) is 10.9. The molecule has 9 heteroatoms. The van der Waals surface area contributed by atoms with Crippen molar-refractivity contribution in [3.63, 3.8) is 0 Å². The van der Waals surface area contributed by atoms with Crippen LogP contribution < -0.4 is 5.56 Å². The standard InChI is InChI=1S/C23H16Cl2N2O5/c1-26-18-6-3-11(19(28)10-20(29)23(31)32)7-14(18)15-9-16(22(30)27(2)21(15)26)13-5-4-12(24)8-17(13)25/h3-9H,10H2,1-2H3,(H,31,32). The molecule has 0 bridgehead atoms. The topological polar surface area (TPSA) is 98.4 Å². The van der Waals surface area contributed by atoms with Crippen molar-refractivity contribution >= 4 is 62.7 Å². The van der Waals surface area contributed by atoms with Gasteiger partial charge in [-0.2, -0.15) is 0 Å². The lowest BCUT2D eigenvalue weighted by atomic mass is 10.0. The Bertz CT molecular complexity index is 1530. The van der Waals surface area contributed by atoms with Gasteiger partial charge in [0.1, 0.15) is 5.65 Å². The van der Waals surface area contributed by atoms with Gasteiger partial charge in [-0.1, -0.05) is 29.3 Å². The maximum atomic E-state index is 13.1. The lowest BCUT2D eigenvalue weighted by Gasteiger charge is -2.09. The fourth-order valence-electron chi connectivity index (χ4n) is 3.89. The molecule has 1 N–H and O–H groups in total. The van der Waals surface area contributed by atoms with Gasteiger partial charge in [-0.05, 0) is 36.4 Å². The van der Waals surface area contributed by atoms with Gasteiger partial charge in [0, 0.05) is 46.6 Å². The van der Waals surface area contributed by atoms with E-state index in [0.717, 1.165) is 5.52 Å². The summed E-state index contributed by atoms with van der Waals surface area (Å²) < 4.78 is 3.33. The number of hydrogen-bond donors (Lipinski definition) is 1. The van der Waals surface area contributed by atoms with Gasteiger partial charge in [0.2, 0.25) is 5.78 Å². The minimum absolute atomic E-state index is 0.208. The smallest absolute Gasteiger partial charge is 0.372 e. The van der Waals surface area contributed by atoms with Gasteiger partial charge in [-0.3, -0.25) is 19.0 Å². The maximum absolute atomic E-state index is 13.1. The maximum Gasteiger partial charge on any atom is 0.372 e. The average molecular weight is 471 g/mol. The highest BCUT2D eigenvalue weighted by Gasteiger charge is 2.21. The molecule has 2 aromatic heterocycles. The molecule has 0 aliphatic heterocycles. The monoisotopic (exact) mass is 470 g/mol. The molecule has 0 aliphatic rings. The first-order valence-corrected chi connectivity index (χ1v) is 10.2. The van der Waals surface area contributed by atoms with Crippen LogP contribution in [0.2, 0.25) is 10.0 Å². The van der Waals surface area contributed by atoms with E-state index in [0.29, 0.717) is 37.6 Å². The minimum Gasteiger partial charge on any atom is -0.475 e. The van der Waals surface area contributed by atoms with E-state index in [9.17, 15) is 19.2 Å². The van der Waals surface area contributed by atoms with Crippen molar-refractivity contribution in [1.82, 2.24) is 9.13 Å². The Morgan fingerprint density at radius 3 is 2.28 bits per heavy atom. The summed E-state index contributed by atoms with van der Waals surface area (Å²) in [7, 11) is 3.45. The molecule has 0 atom stereocenters. The van der Waals surface area contributed by atoms with Gasteiger partial charge >= 0.3 is 5.97 Å². The zero-order valence-corrected chi connectivity index (χ0v) is 18.5. The Morgan fingerprint density at radius 2 is 1.62 bits per heavy atom. The lowest BCUT2D eigenvalue weighted by molar-refractivity contribution is -0.148. The predicted octanol–water partition coefficient (Wildman–Crippen LogP) is 4.23. The summed E-state index contributed by atoms with van der Waals surface area (Å²) in [6.45, 7) is 0. The molecule has 0 fully saturated rings. The number of Topliss-reactive ketones (excluding diaryl/α,β-unsaturated/α-hetero) is 2. The number of pyridine rings is 1. The molecule has 0 aliphatic carbocycles. The number of ketones is 2. The van der Waals surface area contributed by atoms with Crippen LogP contribution >= 0.6 is 23.2 Å². The van der Waals surface area contributed by atoms with Crippen LogP contribution in [-0.4, -0.2) is 31.8 Å². The molecule has 0 saturated heterocycles. The fourth-order valence-corrected chi connectivity index (χ4v) is 4.40. The highest BCUT2D eigenvalue weighted by molar-refractivity contribution is 6.37. The largest absolute Gasteiger partial charge is 0.475 e. The fraction of sp³-hybridized carbons (Fsp3) is 0.130. The summed E-state index contributed by atoms with van der Waals surface area (Å²) >= 11 is 12.3. The van der Waals surface area contributed by atoms with Crippen LogP contribution in [0.25, 0.3) is 33.1 Å². The first-order valence-electron chi connectivity index (χ1n) is 9.47. The number of benzene rings is 2. The molecule has 2 aromatic carbocycles. The zero-order valence-electron chi connectivity index (χ0n) is 17.0. The molecule has 2 heterocycles. The molecule has 0 unspecified atom stereocenters. The molecule has 162 valence electrons. The minimum atomic E-state index is -1.65. The number of hydrogen-bond acceptors (Lipinski definition) is 4. The van der Waals surface area contributed by atoms with Crippen molar-refractivity contribution in [2.24, 2.45) is 14.1 Å². The number of rotatable bonds is 5. The summed E-state index contributed by atoms with van der Waals surface area (Å²) in [5.41, 5.74) is 2.23. The number of aromatic nitrogens is 2. The van der Waals surface area contributed by atoms with E-state index in [1.54, 1.807) is 50.5 Å². The van der Waals surface area contributed by atoms with Crippen molar-refractivity contribution < 1.29 is 19.5 Å². The third-order valence-corrected chi connectivity index (χ3v) is 6.00. The first-order chi connectivity index (χ1) is 15.1. The average Bonchev–Trinajstić information content (AvgIpc) is 3.02. The Kier molecular flexibility index (Phi) is 5.40. The van der Waals surface area contributed by atoms with Crippen LogP contribution in [0.3, 0.4) is 0 Å². The Balaban J connectivity index is 1.97. The number of carbonyl (C=O) groups is 3. The summed E-state index contributed by atoms with van der Waals surface area (Å²) in [5.74, 6) is -3.42. The van der Waals surface area contributed by atoms with Crippen molar-refractivity contribution in [2.45, 2.75) is 6.42 Å². The van der Waals surface area contributed by atoms with E-state index >= 15 is 0 Å². The van der Waals surface area contributed by atoms with E-state index in [1.165, 1.54) is 10.6 Å². The number of carboxylic acids is 1. The van der Waals surface area contributed by atoms with E-state index < -0.39 is 24.0 Å². The molecule has 0 amide bonds. The molecular weight excluding hydrogens is 455 g/mol. The highest BCUT2D eigenvalue weighted by Crippen LogP contribution is 2.34. The van der Waals surface area contributed by atoms with Crippen molar-refractivity contribution in [2.75, 3.05) is 0 Å².